The number of aliphatic hydroxyl groups is 1. The molecule has 0 bridgehead atoms. The number of rotatable bonds is 5. The Morgan fingerprint density at radius 2 is 2.14 bits per heavy atom. The van der Waals surface area contributed by atoms with Gasteiger partial charge in [-0.15, -0.1) is 0 Å². The summed E-state index contributed by atoms with van der Waals surface area (Å²) in [6.45, 7) is 4.69. The maximum Gasteiger partial charge on any atom is 0.308 e. The highest BCUT2D eigenvalue weighted by Crippen LogP contribution is 2.28. The van der Waals surface area contributed by atoms with Crippen molar-refractivity contribution in [1.29, 1.82) is 0 Å². The molecule has 0 saturated heterocycles. The van der Waals surface area contributed by atoms with Gasteiger partial charge >= 0.3 is 5.97 Å². The van der Waals surface area contributed by atoms with Crippen molar-refractivity contribution in [2.45, 2.75) is 32.7 Å². The maximum atomic E-state index is 10.7. The summed E-state index contributed by atoms with van der Waals surface area (Å²) in [7, 11) is 0. The summed E-state index contributed by atoms with van der Waals surface area (Å²) in [5.74, 6) is -0.944. The molecule has 14 heavy (non-hydrogen) atoms. The molecule has 1 rings (SSSR count). The predicted molar refractivity (Wildman–Crippen MR) is 53.0 cm³/mol. The SMILES string of the molecule is CC(C)(CO)CNC1CCC1C(=O)O. The van der Waals surface area contributed by atoms with Crippen molar-refractivity contribution in [2.75, 3.05) is 13.2 Å². The minimum Gasteiger partial charge on any atom is -0.481 e. The van der Waals surface area contributed by atoms with Crippen molar-refractivity contribution in [2.24, 2.45) is 11.3 Å². The molecule has 0 radical (unpaired) electrons. The van der Waals surface area contributed by atoms with Crippen molar-refractivity contribution in [3.8, 4) is 0 Å². The molecule has 0 spiro atoms. The molecule has 4 nitrogen and oxygen atoms in total. The van der Waals surface area contributed by atoms with Crippen LogP contribution in [0, 0.1) is 11.3 Å². The van der Waals surface area contributed by atoms with E-state index in [0.29, 0.717) is 6.54 Å². The molecule has 82 valence electrons. The zero-order chi connectivity index (χ0) is 10.8. The van der Waals surface area contributed by atoms with Crippen LogP contribution < -0.4 is 5.32 Å². The van der Waals surface area contributed by atoms with Crippen LogP contribution in [0.25, 0.3) is 0 Å². The Morgan fingerprint density at radius 3 is 2.50 bits per heavy atom. The lowest BCUT2D eigenvalue weighted by Crippen LogP contribution is -2.50. The fourth-order valence-electron chi connectivity index (χ4n) is 1.50. The van der Waals surface area contributed by atoms with Gasteiger partial charge in [-0.25, -0.2) is 0 Å². The second-order valence-electron chi connectivity index (χ2n) is 4.83. The Kier molecular flexibility index (Phi) is 3.50. The molecular weight excluding hydrogens is 182 g/mol. The van der Waals surface area contributed by atoms with Crippen molar-refractivity contribution in [3.63, 3.8) is 0 Å². The van der Waals surface area contributed by atoms with E-state index in [1.54, 1.807) is 0 Å². The van der Waals surface area contributed by atoms with E-state index in [0.717, 1.165) is 12.8 Å². The van der Waals surface area contributed by atoms with E-state index in [4.69, 9.17) is 10.2 Å². The molecule has 1 fully saturated rings. The molecule has 0 aromatic heterocycles. The third-order valence-corrected chi connectivity index (χ3v) is 2.86. The lowest BCUT2D eigenvalue weighted by atomic mass is 9.79. The van der Waals surface area contributed by atoms with E-state index < -0.39 is 5.97 Å². The quantitative estimate of drug-likeness (QED) is 0.604. The monoisotopic (exact) mass is 201 g/mol. The van der Waals surface area contributed by atoms with Crippen molar-refractivity contribution in [3.05, 3.63) is 0 Å². The van der Waals surface area contributed by atoms with Crippen LogP contribution in [0.3, 0.4) is 0 Å². The minimum absolute atomic E-state index is 0.0957. The van der Waals surface area contributed by atoms with Crippen LogP contribution >= 0.6 is 0 Å². The van der Waals surface area contributed by atoms with E-state index in [1.807, 2.05) is 13.8 Å². The molecule has 1 saturated carbocycles. The standard InChI is InChI=1S/C10H19NO3/c1-10(2,6-12)5-11-8-4-3-7(8)9(13)14/h7-8,11-12H,3-6H2,1-2H3,(H,13,14). The average molecular weight is 201 g/mol. The highest BCUT2D eigenvalue weighted by molar-refractivity contribution is 5.72. The zero-order valence-electron chi connectivity index (χ0n) is 8.79. The Hall–Kier alpha value is -0.610. The average Bonchev–Trinajstić information content (AvgIpc) is 2.01. The first-order chi connectivity index (χ1) is 6.46. The lowest BCUT2D eigenvalue weighted by Gasteiger charge is -2.36. The summed E-state index contributed by atoms with van der Waals surface area (Å²) in [6, 6.07) is 0.0957. The molecule has 0 amide bonds. The van der Waals surface area contributed by atoms with Crippen molar-refractivity contribution in [1.82, 2.24) is 5.32 Å². The number of carboxylic acids is 1. The van der Waals surface area contributed by atoms with Gasteiger partial charge in [0.15, 0.2) is 0 Å². The fourth-order valence-corrected chi connectivity index (χ4v) is 1.50. The van der Waals surface area contributed by atoms with Gasteiger partial charge in [0.2, 0.25) is 0 Å². The number of hydrogen-bond acceptors (Lipinski definition) is 3. The van der Waals surface area contributed by atoms with E-state index in [9.17, 15) is 4.79 Å². The summed E-state index contributed by atoms with van der Waals surface area (Å²) in [5.41, 5.74) is -0.168. The number of nitrogens with one attached hydrogen (secondary N) is 1. The van der Waals surface area contributed by atoms with Crippen LogP contribution in [0.1, 0.15) is 26.7 Å². The van der Waals surface area contributed by atoms with Gasteiger partial charge in [0.25, 0.3) is 0 Å². The fraction of sp³-hybridized carbons (Fsp3) is 0.900. The molecule has 2 atom stereocenters. The van der Waals surface area contributed by atoms with Crippen LogP contribution in [0.15, 0.2) is 0 Å². The maximum absolute atomic E-state index is 10.7. The molecular formula is C10H19NO3. The van der Waals surface area contributed by atoms with Gasteiger partial charge in [0.05, 0.1) is 5.92 Å². The molecule has 0 aromatic carbocycles. The van der Waals surface area contributed by atoms with E-state index in [-0.39, 0.29) is 24.0 Å². The molecule has 1 aliphatic carbocycles. The van der Waals surface area contributed by atoms with E-state index in [1.165, 1.54) is 0 Å². The van der Waals surface area contributed by atoms with Crippen LogP contribution in [-0.2, 0) is 4.79 Å². The largest absolute Gasteiger partial charge is 0.481 e. The highest BCUT2D eigenvalue weighted by Gasteiger charge is 2.36. The Morgan fingerprint density at radius 1 is 1.50 bits per heavy atom. The van der Waals surface area contributed by atoms with E-state index in [2.05, 4.69) is 5.32 Å². The van der Waals surface area contributed by atoms with Crippen LogP contribution in [0.2, 0.25) is 0 Å². The number of aliphatic carboxylic acids is 1. The summed E-state index contributed by atoms with van der Waals surface area (Å²) in [5, 5.41) is 21.0. The zero-order valence-corrected chi connectivity index (χ0v) is 8.79. The third kappa shape index (κ3) is 2.69. The molecule has 1 aliphatic rings. The third-order valence-electron chi connectivity index (χ3n) is 2.86. The summed E-state index contributed by atoms with van der Waals surface area (Å²) in [4.78, 5) is 10.7. The van der Waals surface area contributed by atoms with Crippen LogP contribution in [0.4, 0.5) is 0 Å². The topological polar surface area (TPSA) is 69.6 Å². The number of carboxylic acid groups (broad SMARTS) is 1. The molecule has 4 heteroatoms. The molecule has 3 N–H and O–H groups in total. The first-order valence-corrected chi connectivity index (χ1v) is 5.03. The molecule has 0 aromatic rings. The second kappa shape index (κ2) is 4.28. The van der Waals surface area contributed by atoms with Gasteiger partial charge in [-0.05, 0) is 12.8 Å². The van der Waals surface area contributed by atoms with Gasteiger partial charge < -0.3 is 15.5 Å². The van der Waals surface area contributed by atoms with E-state index >= 15 is 0 Å². The van der Waals surface area contributed by atoms with Crippen LogP contribution in [-0.4, -0.2) is 35.4 Å². The summed E-state index contributed by atoms with van der Waals surface area (Å²) in [6.07, 6.45) is 1.70. The first-order valence-electron chi connectivity index (χ1n) is 5.03. The first kappa shape index (κ1) is 11.5. The van der Waals surface area contributed by atoms with Gasteiger partial charge in [-0.2, -0.15) is 0 Å². The highest BCUT2D eigenvalue weighted by atomic mass is 16.4. The van der Waals surface area contributed by atoms with Crippen LogP contribution in [0.5, 0.6) is 0 Å². The summed E-state index contributed by atoms with van der Waals surface area (Å²) >= 11 is 0. The molecule has 0 aliphatic heterocycles. The normalized spacial score (nSPS) is 27.1. The van der Waals surface area contributed by atoms with Crippen molar-refractivity contribution >= 4 is 5.97 Å². The number of aliphatic hydroxyl groups excluding tert-OH is 1. The molecule has 2 unspecified atom stereocenters. The van der Waals surface area contributed by atoms with Gasteiger partial charge in [-0.1, -0.05) is 13.8 Å². The number of hydrogen-bond donors (Lipinski definition) is 3. The Balaban J connectivity index is 2.29. The number of carbonyl (C=O) groups is 1. The van der Waals surface area contributed by atoms with Gasteiger partial charge in [0.1, 0.15) is 0 Å². The summed E-state index contributed by atoms with van der Waals surface area (Å²) < 4.78 is 0. The second-order valence-corrected chi connectivity index (χ2v) is 4.83. The van der Waals surface area contributed by atoms with Gasteiger partial charge in [-0.3, -0.25) is 4.79 Å². The van der Waals surface area contributed by atoms with Gasteiger partial charge in [0, 0.05) is 24.6 Å². The minimum atomic E-state index is -0.712. The molecule has 0 heterocycles. The van der Waals surface area contributed by atoms with Crippen molar-refractivity contribution < 1.29 is 15.0 Å². The lowest BCUT2D eigenvalue weighted by molar-refractivity contribution is -0.146. The predicted octanol–water partition coefficient (Wildman–Crippen LogP) is 0.458. The Labute approximate surface area is 84.3 Å². The Bertz CT molecular complexity index is 215. The smallest absolute Gasteiger partial charge is 0.308 e.